The first kappa shape index (κ1) is 16.2. The minimum atomic E-state index is -0.174. The van der Waals surface area contributed by atoms with Crippen LogP contribution < -0.4 is 10.6 Å². The van der Waals surface area contributed by atoms with Crippen molar-refractivity contribution in [1.29, 1.82) is 0 Å². The smallest absolute Gasteiger partial charge is 0.256 e. The van der Waals surface area contributed by atoms with Crippen molar-refractivity contribution in [3.8, 4) is 0 Å². The average molecular weight is 382 g/mol. The summed E-state index contributed by atoms with van der Waals surface area (Å²) in [7, 11) is 0. The number of hydrogen-bond acceptors (Lipinski definition) is 3. The molecule has 120 valence electrons. The van der Waals surface area contributed by atoms with E-state index in [0.29, 0.717) is 11.4 Å². The number of carbonyl (C=O) groups excluding carboxylic acids is 1. The van der Waals surface area contributed by atoms with Gasteiger partial charge in [-0.25, -0.2) is 4.98 Å². The average Bonchev–Trinajstić information content (AvgIpc) is 2.61. The molecular formula is C19H16BrN3O. The van der Waals surface area contributed by atoms with Crippen LogP contribution in [-0.2, 0) is 0 Å². The first-order valence-electron chi connectivity index (χ1n) is 7.47. The van der Waals surface area contributed by atoms with Crippen molar-refractivity contribution in [3.63, 3.8) is 0 Å². The van der Waals surface area contributed by atoms with Gasteiger partial charge in [0.2, 0.25) is 0 Å². The molecule has 0 saturated heterocycles. The molecule has 0 fully saturated rings. The molecule has 2 N–H and O–H groups in total. The summed E-state index contributed by atoms with van der Waals surface area (Å²) in [5.41, 5.74) is 3.60. The number of rotatable bonds is 4. The summed E-state index contributed by atoms with van der Waals surface area (Å²) in [6.45, 7) is 2.04. The molecule has 1 aromatic heterocycles. The predicted molar refractivity (Wildman–Crippen MR) is 101 cm³/mol. The van der Waals surface area contributed by atoms with Crippen LogP contribution in [-0.4, -0.2) is 10.9 Å². The van der Waals surface area contributed by atoms with E-state index in [9.17, 15) is 4.79 Å². The number of anilines is 3. The summed E-state index contributed by atoms with van der Waals surface area (Å²) in [4.78, 5) is 16.4. The molecule has 0 spiro atoms. The number of nitrogens with one attached hydrogen (secondary N) is 2. The number of pyridine rings is 1. The SMILES string of the molecule is Cc1cc(Nc2ccc(NC(=O)c3ccccc3)nc2)ccc1Br. The fraction of sp³-hybridized carbons (Fsp3) is 0.0526. The van der Waals surface area contributed by atoms with Crippen molar-refractivity contribution in [2.45, 2.75) is 6.92 Å². The van der Waals surface area contributed by atoms with Crippen LogP contribution in [0, 0.1) is 6.92 Å². The Kier molecular flexibility index (Phi) is 4.91. The third kappa shape index (κ3) is 4.00. The number of nitrogens with zero attached hydrogens (tertiary/aromatic N) is 1. The highest BCUT2D eigenvalue weighted by atomic mass is 79.9. The van der Waals surface area contributed by atoms with E-state index in [1.54, 1.807) is 24.4 Å². The van der Waals surface area contributed by atoms with Gasteiger partial charge in [-0.15, -0.1) is 0 Å². The van der Waals surface area contributed by atoms with E-state index >= 15 is 0 Å². The van der Waals surface area contributed by atoms with Crippen LogP contribution in [0.1, 0.15) is 15.9 Å². The van der Waals surface area contributed by atoms with Gasteiger partial charge in [0, 0.05) is 15.7 Å². The van der Waals surface area contributed by atoms with E-state index in [1.807, 2.05) is 43.3 Å². The highest BCUT2D eigenvalue weighted by molar-refractivity contribution is 9.10. The second-order valence-electron chi connectivity index (χ2n) is 5.34. The predicted octanol–water partition coefficient (Wildman–Crippen LogP) is 5.15. The van der Waals surface area contributed by atoms with E-state index in [-0.39, 0.29) is 5.91 Å². The Morgan fingerprint density at radius 2 is 1.75 bits per heavy atom. The maximum atomic E-state index is 12.1. The molecular weight excluding hydrogens is 366 g/mol. The molecule has 0 atom stereocenters. The zero-order valence-corrected chi connectivity index (χ0v) is 14.7. The van der Waals surface area contributed by atoms with Crippen LogP contribution in [0.2, 0.25) is 0 Å². The zero-order valence-electron chi connectivity index (χ0n) is 13.1. The topological polar surface area (TPSA) is 54.0 Å². The Bertz CT molecular complexity index is 848. The second-order valence-corrected chi connectivity index (χ2v) is 6.20. The molecule has 0 bridgehead atoms. The lowest BCUT2D eigenvalue weighted by Crippen LogP contribution is -2.12. The monoisotopic (exact) mass is 381 g/mol. The van der Waals surface area contributed by atoms with Gasteiger partial charge < -0.3 is 10.6 Å². The molecule has 0 saturated carbocycles. The summed E-state index contributed by atoms with van der Waals surface area (Å²) in [5, 5.41) is 6.07. The van der Waals surface area contributed by atoms with Gasteiger partial charge in [-0.1, -0.05) is 34.1 Å². The van der Waals surface area contributed by atoms with E-state index in [2.05, 4.69) is 37.6 Å². The minimum absolute atomic E-state index is 0.174. The van der Waals surface area contributed by atoms with E-state index in [4.69, 9.17) is 0 Å². The van der Waals surface area contributed by atoms with Gasteiger partial charge in [-0.3, -0.25) is 4.79 Å². The van der Waals surface area contributed by atoms with Crippen LogP contribution in [0.15, 0.2) is 71.3 Å². The maximum Gasteiger partial charge on any atom is 0.256 e. The molecule has 24 heavy (non-hydrogen) atoms. The maximum absolute atomic E-state index is 12.1. The Labute approximate surface area is 149 Å². The molecule has 0 radical (unpaired) electrons. The van der Waals surface area contributed by atoms with Gasteiger partial charge in [0.25, 0.3) is 5.91 Å². The quantitative estimate of drug-likeness (QED) is 0.656. The molecule has 0 aliphatic heterocycles. The van der Waals surface area contributed by atoms with E-state index in [1.165, 1.54) is 0 Å². The Morgan fingerprint density at radius 1 is 1.00 bits per heavy atom. The second kappa shape index (κ2) is 7.27. The first-order valence-corrected chi connectivity index (χ1v) is 8.27. The van der Waals surface area contributed by atoms with Crippen molar-refractivity contribution in [2.75, 3.05) is 10.6 Å². The van der Waals surface area contributed by atoms with Crippen LogP contribution in [0.4, 0.5) is 17.2 Å². The summed E-state index contributed by atoms with van der Waals surface area (Å²) >= 11 is 3.49. The van der Waals surface area contributed by atoms with E-state index < -0.39 is 0 Å². The fourth-order valence-electron chi connectivity index (χ4n) is 2.21. The van der Waals surface area contributed by atoms with Crippen LogP contribution >= 0.6 is 15.9 Å². The molecule has 5 heteroatoms. The summed E-state index contributed by atoms with van der Waals surface area (Å²) in [5.74, 6) is 0.341. The van der Waals surface area contributed by atoms with Crippen LogP contribution in [0.3, 0.4) is 0 Å². The number of amides is 1. The van der Waals surface area contributed by atoms with Gasteiger partial charge in [-0.2, -0.15) is 0 Å². The molecule has 0 aliphatic carbocycles. The molecule has 1 heterocycles. The highest BCUT2D eigenvalue weighted by Gasteiger charge is 2.06. The number of aryl methyl sites for hydroxylation is 1. The third-order valence-corrected chi connectivity index (χ3v) is 4.38. The molecule has 2 aromatic carbocycles. The van der Waals surface area contributed by atoms with Crippen molar-refractivity contribution in [1.82, 2.24) is 4.98 Å². The van der Waals surface area contributed by atoms with Crippen LogP contribution in [0.25, 0.3) is 0 Å². The van der Waals surface area contributed by atoms with E-state index in [0.717, 1.165) is 21.4 Å². The van der Waals surface area contributed by atoms with Gasteiger partial charge in [0.15, 0.2) is 0 Å². The Hall–Kier alpha value is -2.66. The lowest BCUT2D eigenvalue weighted by molar-refractivity contribution is 0.102. The number of benzene rings is 2. The van der Waals surface area contributed by atoms with Crippen molar-refractivity contribution < 1.29 is 4.79 Å². The third-order valence-electron chi connectivity index (χ3n) is 3.49. The van der Waals surface area contributed by atoms with Gasteiger partial charge in [0.1, 0.15) is 5.82 Å². The molecule has 0 aliphatic rings. The molecule has 3 aromatic rings. The molecule has 3 rings (SSSR count). The number of carbonyl (C=O) groups is 1. The standard InChI is InChI=1S/C19H16BrN3O/c1-13-11-15(7-9-17(13)20)22-16-8-10-18(21-12-16)23-19(24)14-5-3-2-4-6-14/h2-12,22H,1H3,(H,21,23,24). The largest absolute Gasteiger partial charge is 0.354 e. The summed E-state index contributed by atoms with van der Waals surface area (Å²) < 4.78 is 1.07. The Morgan fingerprint density at radius 3 is 2.42 bits per heavy atom. The van der Waals surface area contributed by atoms with Gasteiger partial charge in [-0.05, 0) is 55.0 Å². The number of halogens is 1. The lowest BCUT2D eigenvalue weighted by Gasteiger charge is -2.09. The zero-order chi connectivity index (χ0) is 16.9. The molecule has 0 unspecified atom stereocenters. The van der Waals surface area contributed by atoms with Crippen LogP contribution in [0.5, 0.6) is 0 Å². The lowest BCUT2D eigenvalue weighted by atomic mass is 10.2. The minimum Gasteiger partial charge on any atom is -0.354 e. The van der Waals surface area contributed by atoms with Crippen molar-refractivity contribution in [2.24, 2.45) is 0 Å². The first-order chi connectivity index (χ1) is 11.6. The van der Waals surface area contributed by atoms with Crippen molar-refractivity contribution >= 4 is 39.0 Å². The number of hydrogen-bond donors (Lipinski definition) is 2. The van der Waals surface area contributed by atoms with Crippen molar-refractivity contribution in [3.05, 3.63) is 82.5 Å². The highest BCUT2D eigenvalue weighted by Crippen LogP contribution is 2.23. The van der Waals surface area contributed by atoms with Gasteiger partial charge >= 0.3 is 0 Å². The normalized spacial score (nSPS) is 10.2. The summed E-state index contributed by atoms with van der Waals surface area (Å²) in [6, 6.07) is 18.8. The molecule has 1 amide bonds. The fourth-order valence-corrected chi connectivity index (χ4v) is 2.46. The van der Waals surface area contributed by atoms with Gasteiger partial charge in [0.05, 0.1) is 11.9 Å². The Balaban J connectivity index is 1.67. The number of aromatic nitrogens is 1. The molecule has 4 nitrogen and oxygen atoms in total. The summed E-state index contributed by atoms with van der Waals surface area (Å²) in [6.07, 6.45) is 1.69.